The number of hydrogen-bond acceptors (Lipinski definition) is 1. The molecular weight excluding hydrogens is 296 g/mol. The van der Waals surface area contributed by atoms with Crippen LogP contribution in [-0.2, 0) is 0 Å². The zero-order chi connectivity index (χ0) is 14.8. The number of rotatable bonds is 4. The van der Waals surface area contributed by atoms with Gasteiger partial charge >= 0.3 is 0 Å². The van der Waals surface area contributed by atoms with Crippen LogP contribution in [0.1, 0.15) is 47.6 Å². The summed E-state index contributed by atoms with van der Waals surface area (Å²) in [4.78, 5) is 1.22. The molecule has 0 radical (unpaired) electrons. The van der Waals surface area contributed by atoms with Gasteiger partial charge < -0.3 is 0 Å². The maximum Gasteiger partial charge on any atom is 0.0928 e. The zero-order valence-electron chi connectivity index (χ0n) is 12.3. The lowest BCUT2D eigenvalue weighted by molar-refractivity contribution is 0.733. The predicted octanol–water partition coefficient (Wildman–Crippen LogP) is 6.74. The molecule has 1 aromatic heterocycles. The molecule has 0 aliphatic heterocycles. The molecule has 0 fully saturated rings. The summed E-state index contributed by atoms with van der Waals surface area (Å²) in [5.41, 5.74) is 2.57. The highest BCUT2D eigenvalue weighted by atomic mass is 35.5. The third kappa shape index (κ3) is 3.00. The van der Waals surface area contributed by atoms with Gasteiger partial charge in [0, 0.05) is 9.58 Å². The van der Waals surface area contributed by atoms with Gasteiger partial charge in [-0.25, -0.2) is 0 Å². The highest BCUT2D eigenvalue weighted by molar-refractivity contribution is 7.19. The number of thiophene rings is 1. The number of hydrogen-bond donors (Lipinski definition) is 0. The quantitative estimate of drug-likeness (QED) is 0.467. The van der Waals surface area contributed by atoms with Crippen LogP contribution in [0.5, 0.6) is 0 Å². The van der Waals surface area contributed by atoms with Crippen LogP contribution in [0.3, 0.4) is 0 Å². The van der Waals surface area contributed by atoms with Gasteiger partial charge in [-0.1, -0.05) is 56.3 Å². The van der Waals surface area contributed by atoms with Crippen LogP contribution in [0.15, 0.2) is 54.6 Å². The largest absolute Gasteiger partial charge is 0.138 e. The van der Waals surface area contributed by atoms with E-state index in [-0.39, 0.29) is 5.38 Å². The fraction of sp³-hybridized carbons (Fsp3) is 0.263. The molecule has 0 N–H and O–H groups in total. The topological polar surface area (TPSA) is 0 Å². The first-order chi connectivity index (χ1) is 10.2. The molecule has 0 spiro atoms. The second-order valence-corrected chi connectivity index (χ2v) is 7.08. The Morgan fingerprint density at radius 2 is 1.67 bits per heavy atom. The van der Waals surface area contributed by atoms with Gasteiger partial charge in [-0.15, -0.1) is 22.9 Å². The number of benzene rings is 2. The summed E-state index contributed by atoms with van der Waals surface area (Å²) in [6.07, 6.45) is 1.17. The summed E-state index contributed by atoms with van der Waals surface area (Å²) < 4.78 is 1.30. The van der Waals surface area contributed by atoms with E-state index in [0.717, 1.165) is 0 Å². The van der Waals surface area contributed by atoms with Gasteiger partial charge in [-0.3, -0.25) is 0 Å². The van der Waals surface area contributed by atoms with Crippen molar-refractivity contribution in [3.63, 3.8) is 0 Å². The molecule has 2 unspecified atom stereocenters. The van der Waals surface area contributed by atoms with E-state index in [4.69, 9.17) is 11.6 Å². The Morgan fingerprint density at radius 1 is 1.00 bits per heavy atom. The zero-order valence-corrected chi connectivity index (χ0v) is 13.9. The van der Waals surface area contributed by atoms with Gasteiger partial charge in [0.1, 0.15) is 0 Å². The molecule has 2 atom stereocenters. The lowest BCUT2D eigenvalue weighted by Gasteiger charge is -2.12. The maximum absolute atomic E-state index is 6.68. The highest BCUT2D eigenvalue weighted by Crippen LogP contribution is 2.37. The van der Waals surface area contributed by atoms with E-state index in [1.54, 1.807) is 11.3 Å². The van der Waals surface area contributed by atoms with Gasteiger partial charge in [0.2, 0.25) is 0 Å². The molecule has 0 saturated heterocycles. The molecule has 0 amide bonds. The van der Waals surface area contributed by atoms with Gasteiger partial charge in [-0.2, -0.15) is 0 Å². The SMILES string of the molecule is CCC(C)c1ccc(C(Cl)c2cc3ccccc3s2)cc1. The Kier molecular flexibility index (Phi) is 4.32. The first-order valence-electron chi connectivity index (χ1n) is 7.41. The summed E-state index contributed by atoms with van der Waals surface area (Å²) in [5, 5.41) is 1.22. The number of fused-ring (bicyclic) bond motifs is 1. The van der Waals surface area contributed by atoms with Crippen LogP contribution in [-0.4, -0.2) is 0 Å². The summed E-state index contributed by atoms with van der Waals surface area (Å²) >= 11 is 8.46. The van der Waals surface area contributed by atoms with Gasteiger partial charge in [0.25, 0.3) is 0 Å². The van der Waals surface area contributed by atoms with Crippen LogP contribution in [0.25, 0.3) is 10.1 Å². The van der Waals surface area contributed by atoms with Gasteiger partial charge in [0.05, 0.1) is 5.38 Å². The molecule has 1 heterocycles. The molecule has 0 nitrogen and oxygen atoms in total. The lowest BCUT2D eigenvalue weighted by Crippen LogP contribution is -1.94. The van der Waals surface area contributed by atoms with E-state index in [1.807, 2.05) is 0 Å². The normalized spacial score (nSPS) is 14.2. The summed E-state index contributed by atoms with van der Waals surface area (Å²) in [7, 11) is 0. The second kappa shape index (κ2) is 6.21. The molecule has 3 rings (SSSR count). The monoisotopic (exact) mass is 314 g/mol. The van der Waals surface area contributed by atoms with Crippen molar-refractivity contribution < 1.29 is 0 Å². The Morgan fingerprint density at radius 3 is 2.33 bits per heavy atom. The summed E-state index contributed by atoms with van der Waals surface area (Å²) in [6.45, 7) is 4.49. The average molecular weight is 315 g/mol. The number of alkyl halides is 1. The average Bonchev–Trinajstić information content (AvgIpc) is 2.97. The molecule has 108 valence electrons. The third-order valence-corrected chi connectivity index (χ3v) is 5.90. The lowest BCUT2D eigenvalue weighted by atomic mass is 9.97. The van der Waals surface area contributed by atoms with E-state index >= 15 is 0 Å². The summed E-state index contributed by atoms with van der Waals surface area (Å²) in [6, 6.07) is 19.4. The highest BCUT2D eigenvalue weighted by Gasteiger charge is 2.14. The Balaban J connectivity index is 1.88. The summed E-state index contributed by atoms with van der Waals surface area (Å²) in [5.74, 6) is 0.608. The molecule has 0 aliphatic carbocycles. The molecular formula is C19H19ClS. The van der Waals surface area contributed by atoms with E-state index in [9.17, 15) is 0 Å². The van der Waals surface area contributed by atoms with Crippen molar-refractivity contribution in [3.8, 4) is 0 Å². The minimum Gasteiger partial charge on any atom is -0.138 e. The van der Waals surface area contributed by atoms with Crippen LogP contribution >= 0.6 is 22.9 Å². The Bertz CT molecular complexity index is 694. The molecule has 0 aliphatic rings. The van der Waals surface area contributed by atoms with Crippen molar-refractivity contribution in [2.24, 2.45) is 0 Å². The molecule has 2 heteroatoms. The fourth-order valence-corrected chi connectivity index (χ4v) is 3.93. The predicted molar refractivity (Wildman–Crippen MR) is 94.7 cm³/mol. The van der Waals surface area contributed by atoms with Crippen molar-refractivity contribution in [2.45, 2.75) is 31.6 Å². The van der Waals surface area contributed by atoms with Gasteiger partial charge in [-0.05, 0) is 41.0 Å². The first-order valence-corrected chi connectivity index (χ1v) is 8.66. The van der Waals surface area contributed by atoms with Crippen molar-refractivity contribution >= 4 is 33.0 Å². The van der Waals surface area contributed by atoms with Gasteiger partial charge in [0.15, 0.2) is 0 Å². The van der Waals surface area contributed by atoms with Crippen molar-refractivity contribution in [2.75, 3.05) is 0 Å². The molecule has 3 aromatic rings. The standard InChI is InChI=1S/C19H19ClS/c1-3-13(2)14-8-10-15(11-9-14)19(20)18-12-16-6-4-5-7-17(16)21-18/h4-13,19H,3H2,1-2H3. The third-order valence-electron chi connectivity index (χ3n) is 4.10. The van der Waals surface area contributed by atoms with Crippen LogP contribution in [0.4, 0.5) is 0 Å². The Labute approximate surface area is 135 Å². The van der Waals surface area contributed by atoms with E-state index < -0.39 is 0 Å². The fourth-order valence-electron chi connectivity index (χ4n) is 2.52. The van der Waals surface area contributed by atoms with Crippen LogP contribution in [0.2, 0.25) is 0 Å². The number of halogens is 1. The van der Waals surface area contributed by atoms with E-state index in [2.05, 4.69) is 68.4 Å². The minimum atomic E-state index is -0.0617. The minimum absolute atomic E-state index is 0.0617. The first kappa shape index (κ1) is 14.6. The van der Waals surface area contributed by atoms with Crippen LogP contribution in [0, 0.1) is 0 Å². The molecule has 0 saturated carbocycles. The van der Waals surface area contributed by atoms with Crippen molar-refractivity contribution in [3.05, 3.63) is 70.6 Å². The molecule has 2 aromatic carbocycles. The van der Waals surface area contributed by atoms with E-state index in [1.165, 1.54) is 32.5 Å². The van der Waals surface area contributed by atoms with E-state index in [0.29, 0.717) is 5.92 Å². The molecule has 21 heavy (non-hydrogen) atoms. The molecule has 0 bridgehead atoms. The van der Waals surface area contributed by atoms with Crippen molar-refractivity contribution in [1.82, 2.24) is 0 Å². The second-order valence-electron chi connectivity index (χ2n) is 5.53. The Hall–Kier alpha value is -1.31. The van der Waals surface area contributed by atoms with Crippen LogP contribution < -0.4 is 0 Å². The smallest absolute Gasteiger partial charge is 0.0928 e. The van der Waals surface area contributed by atoms with Crippen molar-refractivity contribution in [1.29, 1.82) is 0 Å². The maximum atomic E-state index is 6.68.